The van der Waals surface area contributed by atoms with Gasteiger partial charge < -0.3 is 14.4 Å². The Morgan fingerprint density at radius 2 is 2.00 bits per heavy atom. The average Bonchev–Trinajstić information content (AvgIpc) is 2.96. The number of carbonyl (C=O) groups is 2. The van der Waals surface area contributed by atoms with Gasteiger partial charge in [0.2, 0.25) is 0 Å². The van der Waals surface area contributed by atoms with Gasteiger partial charge in [-0.05, 0) is 42.0 Å². The highest BCUT2D eigenvalue weighted by Gasteiger charge is 2.16. The summed E-state index contributed by atoms with van der Waals surface area (Å²) in [5.74, 6) is -0.261. The molecular formula is C21H18ClNO4. The Balaban J connectivity index is 1.75. The van der Waals surface area contributed by atoms with Crippen LogP contribution in [0.1, 0.15) is 22.3 Å². The van der Waals surface area contributed by atoms with Crippen LogP contribution >= 0.6 is 11.6 Å². The molecule has 0 atom stereocenters. The number of halogens is 1. The standard InChI is InChI=1S/C21H18ClNO4/c1-23-12-17(16-10-14(22)5-7-18(16)23)19(25)11-15(24)6-3-13-4-8-21(27-2)20(26)9-13/h3-10,12,26H,11H2,1-2H3/b6-3+. The number of ketones is 2. The molecule has 3 rings (SSSR count). The van der Waals surface area contributed by atoms with Crippen molar-refractivity contribution in [1.29, 1.82) is 0 Å². The number of hydrogen-bond acceptors (Lipinski definition) is 4. The van der Waals surface area contributed by atoms with E-state index in [1.54, 1.807) is 36.5 Å². The number of aryl methyl sites for hydroxylation is 1. The lowest BCUT2D eigenvalue weighted by molar-refractivity contribution is -0.113. The van der Waals surface area contributed by atoms with Crippen LogP contribution in [0.2, 0.25) is 5.02 Å². The molecule has 0 fully saturated rings. The highest BCUT2D eigenvalue weighted by Crippen LogP contribution is 2.27. The highest BCUT2D eigenvalue weighted by atomic mass is 35.5. The maximum absolute atomic E-state index is 12.6. The van der Waals surface area contributed by atoms with Crippen molar-refractivity contribution in [2.45, 2.75) is 6.42 Å². The number of Topliss-reactive ketones (excluding diaryl/α,β-unsaturated/α-hetero) is 1. The lowest BCUT2D eigenvalue weighted by Gasteiger charge is -2.03. The number of methoxy groups -OCH3 is 1. The number of fused-ring (bicyclic) bond motifs is 1. The van der Waals surface area contributed by atoms with E-state index in [0.717, 1.165) is 10.9 Å². The van der Waals surface area contributed by atoms with Crippen molar-refractivity contribution in [2.75, 3.05) is 7.11 Å². The molecule has 5 nitrogen and oxygen atoms in total. The number of hydrogen-bond donors (Lipinski definition) is 1. The van der Waals surface area contributed by atoms with Crippen molar-refractivity contribution >= 4 is 40.1 Å². The third-order valence-electron chi connectivity index (χ3n) is 4.25. The number of rotatable bonds is 6. The van der Waals surface area contributed by atoms with E-state index in [0.29, 0.717) is 21.9 Å². The molecule has 2 aromatic carbocycles. The first-order valence-electron chi connectivity index (χ1n) is 8.24. The zero-order valence-electron chi connectivity index (χ0n) is 14.9. The van der Waals surface area contributed by atoms with Gasteiger partial charge in [0.1, 0.15) is 0 Å². The van der Waals surface area contributed by atoms with Crippen molar-refractivity contribution in [1.82, 2.24) is 4.57 Å². The topological polar surface area (TPSA) is 68.5 Å². The lowest BCUT2D eigenvalue weighted by Crippen LogP contribution is -2.05. The minimum absolute atomic E-state index is 0.0178. The molecule has 1 heterocycles. The highest BCUT2D eigenvalue weighted by molar-refractivity contribution is 6.31. The Morgan fingerprint density at radius 1 is 1.22 bits per heavy atom. The third-order valence-corrected chi connectivity index (χ3v) is 4.49. The van der Waals surface area contributed by atoms with Crippen molar-refractivity contribution in [3.63, 3.8) is 0 Å². The minimum atomic E-state index is -0.325. The number of aromatic nitrogens is 1. The molecule has 0 saturated carbocycles. The number of phenolic OH excluding ortho intramolecular Hbond substituents is 1. The molecular weight excluding hydrogens is 366 g/mol. The maximum atomic E-state index is 12.6. The van der Waals surface area contributed by atoms with Crippen LogP contribution in [0.3, 0.4) is 0 Å². The van der Waals surface area contributed by atoms with E-state index in [4.69, 9.17) is 16.3 Å². The molecule has 0 spiro atoms. The monoisotopic (exact) mass is 383 g/mol. The summed E-state index contributed by atoms with van der Waals surface area (Å²) < 4.78 is 6.81. The van der Waals surface area contributed by atoms with E-state index in [1.165, 1.54) is 19.3 Å². The smallest absolute Gasteiger partial charge is 0.172 e. The van der Waals surface area contributed by atoms with E-state index < -0.39 is 0 Å². The second-order valence-corrected chi connectivity index (χ2v) is 6.58. The van der Waals surface area contributed by atoms with Gasteiger partial charge in [-0.1, -0.05) is 23.7 Å². The van der Waals surface area contributed by atoms with Crippen LogP contribution in [-0.2, 0) is 11.8 Å². The van der Waals surface area contributed by atoms with Crippen molar-refractivity contribution < 1.29 is 19.4 Å². The van der Waals surface area contributed by atoms with Gasteiger partial charge in [0.05, 0.1) is 13.5 Å². The Kier molecular flexibility index (Phi) is 5.33. The van der Waals surface area contributed by atoms with E-state index in [9.17, 15) is 14.7 Å². The molecule has 1 N–H and O–H groups in total. The lowest BCUT2D eigenvalue weighted by atomic mass is 10.0. The predicted molar refractivity (Wildman–Crippen MR) is 106 cm³/mol. The van der Waals surface area contributed by atoms with Gasteiger partial charge in [-0.3, -0.25) is 9.59 Å². The summed E-state index contributed by atoms with van der Waals surface area (Å²) in [5.41, 5.74) is 1.98. The van der Waals surface area contributed by atoms with Gasteiger partial charge in [-0.25, -0.2) is 0 Å². The van der Waals surface area contributed by atoms with Gasteiger partial charge in [-0.2, -0.15) is 0 Å². The van der Waals surface area contributed by atoms with Crippen LogP contribution in [0.4, 0.5) is 0 Å². The van der Waals surface area contributed by atoms with Crippen LogP contribution in [0.25, 0.3) is 17.0 Å². The van der Waals surface area contributed by atoms with Crippen LogP contribution in [0.5, 0.6) is 11.5 Å². The van der Waals surface area contributed by atoms with E-state index in [1.807, 2.05) is 17.7 Å². The normalized spacial score (nSPS) is 11.2. The van der Waals surface area contributed by atoms with Crippen LogP contribution < -0.4 is 4.74 Å². The first-order chi connectivity index (χ1) is 12.9. The van der Waals surface area contributed by atoms with Crippen LogP contribution in [0.15, 0.2) is 48.7 Å². The second kappa shape index (κ2) is 7.68. The van der Waals surface area contributed by atoms with Gasteiger partial charge in [-0.15, -0.1) is 0 Å². The molecule has 27 heavy (non-hydrogen) atoms. The first kappa shape index (κ1) is 18.7. The number of carbonyl (C=O) groups excluding carboxylic acids is 2. The van der Waals surface area contributed by atoms with E-state index >= 15 is 0 Å². The molecule has 1 aromatic heterocycles. The fourth-order valence-corrected chi connectivity index (χ4v) is 3.07. The second-order valence-electron chi connectivity index (χ2n) is 6.15. The first-order valence-corrected chi connectivity index (χ1v) is 8.62. The third kappa shape index (κ3) is 4.04. The average molecular weight is 384 g/mol. The number of nitrogens with zero attached hydrogens (tertiary/aromatic N) is 1. The zero-order chi connectivity index (χ0) is 19.6. The van der Waals surface area contributed by atoms with Crippen molar-refractivity contribution in [3.05, 3.63) is 64.8 Å². The number of allylic oxidation sites excluding steroid dienone is 1. The quantitative estimate of drug-likeness (QED) is 0.389. The number of benzene rings is 2. The molecule has 6 heteroatoms. The largest absolute Gasteiger partial charge is 0.504 e. The van der Waals surface area contributed by atoms with Crippen molar-refractivity contribution in [2.24, 2.45) is 7.05 Å². The number of phenols is 1. The Morgan fingerprint density at radius 3 is 2.70 bits per heavy atom. The summed E-state index contributed by atoms with van der Waals surface area (Å²) in [6, 6.07) is 10.1. The zero-order valence-corrected chi connectivity index (χ0v) is 15.7. The molecule has 0 aliphatic carbocycles. The summed E-state index contributed by atoms with van der Waals surface area (Å²) in [4.78, 5) is 24.8. The predicted octanol–water partition coefficient (Wildman–Crippen LogP) is 4.40. The van der Waals surface area contributed by atoms with Gasteiger partial charge in [0.15, 0.2) is 23.1 Å². The Bertz CT molecular complexity index is 1070. The molecule has 0 bridgehead atoms. The maximum Gasteiger partial charge on any atom is 0.172 e. The molecule has 0 amide bonds. The number of aromatic hydroxyl groups is 1. The fraction of sp³-hybridized carbons (Fsp3) is 0.143. The molecule has 3 aromatic rings. The summed E-state index contributed by atoms with van der Waals surface area (Å²) in [7, 11) is 3.30. The summed E-state index contributed by atoms with van der Waals surface area (Å²) >= 11 is 6.03. The molecule has 138 valence electrons. The molecule has 0 saturated heterocycles. The van der Waals surface area contributed by atoms with Gasteiger partial charge >= 0.3 is 0 Å². The summed E-state index contributed by atoms with van der Waals surface area (Å²) in [6.45, 7) is 0. The summed E-state index contributed by atoms with van der Waals surface area (Å²) in [5, 5.41) is 11.0. The van der Waals surface area contributed by atoms with Gasteiger partial charge in [0.25, 0.3) is 0 Å². The Hall–Kier alpha value is -3.05. The van der Waals surface area contributed by atoms with Crippen LogP contribution in [-0.4, -0.2) is 28.3 Å². The van der Waals surface area contributed by atoms with Crippen LogP contribution in [0, 0.1) is 0 Å². The molecule has 0 unspecified atom stereocenters. The molecule has 0 aliphatic rings. The Labute approximate surface area is 161 Å². The minimum Gasteiger partial charge on any atom is -0.504 e. The SMILES string of the molecule is COc1ccc(/C=C/C(=O)CC(=O)c2cn(C)c3ccc(Cl)cc23)cc1O. The van der Waals surface area contributed by atoms with E-state index in [2.05, 4.69) is 0 Å². The molecule has 0 radical (unpaired) electrons. The number of ether oxygens (including phenoxy) is 1. The molecule has 0 aliphatic heterocycles. The van der Waals surface area contributed by atoms with Gasteiger partial charge in [0, 0.05) is 34.7 Å². The van der Waals surface area contributed by atoms with Crippen molar-refractivity contribution in [3.8, 4) is 11.5 Å². The van der Waals surface area contributed by atoms with E-state index in [-0.39, 0.29) is 23.7 Å². The summed E-state index contributed by atoms with van der Waals surface area (Å²) in [6.07, 6.45) is 4.35. The fourth-order valence-electron chi connectivity index (χ4n) is 2.90.